The van der Waals surface area contributed by atoms with Gasteiger partial charge >= 0.3 is 0 Å². The van der Waals surface area contributed by atoms with Gasteiger partial charge in [-0.25, -0.2) is 0 Å². The minimum atomic E-state index is 0.300. The number of aryl methyl sites for hydroxylation is 1. The fourth-order valence-corrected chi connectivity index (χ4v) is 2.10. The van der Waals surface area contributed by atoms with Gasteiger partial charge in [-0.3, -0.25) is 0 Å². The van der Waals surface area contributed by atoms with Gasteiger partial charge in [-0.1, -0.05) is 19.1 Å². The van der Waals surface area contributed by atoms with E-state index < -0.39 is 0 Å². The van der Waals surface area contributed by atoms with Crippen molar-refractivity contribution in [1.82, 2.24) is 5.32 Å². The topological polar surface area (TPSA) is 47.3 Å². The van der Waals surface area contributed by atoms with Gasteiger partial charge in [0.25, 0.3) is 0 Å². The zero-order valence-corrected chi connectivity index (χ0v) is 11.3. The summed E-state index contributed by atoms with van der Waals surface area (Å²) in [5, 5.41) is 3.33. The van der Waals surface area contributed by atoms with Crippen LogP contribution in [0.5, 0.6) is 5.75 Å². The van der Waals surface area contributed by atoms with Crippen LogP contribution in [0.1, 0.15) is 31.0 Å². The Morgan fingerprint density at radius 3 is 2.59 bits per heavy atom. The van der Waals surface area contributed by atoms with Crippen LogP contribution >= 0.6 is 0 Å². The molecule has 1 aromatic carbocycles. The lowest BCUT2D eigenvalue weighted by Crippen LogP contribution is -2.28. The lowest BCUT2D eigenvalue weighted by Gasteiger charge is -2.23. The van der Waals surface area contributed by atoms with E-state index in [0.717, 1.165) is 5.75 Å². The Hall–Kier alpha value is -1.06. The summed E-state index contributed by atoms with van der Waals surface area (Å²) in [5.41, 5.74) is 8.18. The van der Waals surface area contributed by atoms with E-state index >= 15 is 0 Å². The Kier molecular flexibility index (Phi) is 5.45. The molecule has 1 aromatic rings. The fourth-order valence-electron chi connectivity index (χ4n) is 2.10. The van der Waals surface area contributed by atoms with Crippen molar-refractivity contribution < 1.29 is 4.74 Å². The Labute approximate surface area is 104 Å². The zero-order chi connectivity index (χ0) is 12.8. The van der Waals surface area contributed by atoms with E-state index in [-0.39, 0.29) is 0 Å². The summed E-state index contributed by atoms with van der Waals surface area (Å²) in [4.78, 5) is 0. The molecule has 0 heterocycles. The Balaban J connectivity index is 2.94. The third kappa shape index (κ3) is 3.45. The normalized spacial score (nSPS) is 14.4. The summed E-state index contributed by atoms with van der Waals surface area (Å²) >= 11 is 0. The van der Waals surface area contributed by atoms with Gasteiger partial charge in [-0.2, -0.15) is 0 Å². The average Bonchev–Trinajstić information content (AvgIpc) is 2.33. The van der Waals surface area contributed by atoms with E-state index in [2.05, 4.69) is 31.3 Å². The zero-order valence-electron chi connectivity index (χ0n) is 11.3. The smallest absolute Gasteiger partial charge is 0.122 e. The maximum Gasteiger partial charge on any atom is 0.122 e. The molecule has 0 amide bonds. The van der Waals surface area contributed by atoms with E-state index in [9.17, 15) is 0 Å². The predicted molar refractivity (Wildman–Crippen MR) is 72.4 cm³/mol. The molecule has 0 aliphatic heterocycles. The molecule has 0 aliphatic carbocycles. The van der Waals surface area contributed by atoms with Crippen LogP contribution in [0, 0.1) is 12.8 Å². The summed E-state index contributed by atoms with van der Waals surface area (Å²) in [5.74, 6) is 1.38. The Morgan fingerprint density at radius 2 is 2.12 bits per heavy atom. The van der Waals surface area contributed by atoms with E-state index in [1.54, 1.807) is 0 Å². The van der Waals surface area contributed by atoms with Crippen LogP contribution in [-0.2, 0) is 0 Å². The molecule has 0 bridgehead atoms. The first-order valence-electron chi connectivity index (χ1n) is 6.24. The van der Waals surface area contributed by atoms with Gasteiger partial charge in [0.15, 0.2) is 0 Å². The van der Waals surface area contributed by atoms with E-state index in [0.29, 0.717) is 25.1 Å². The number of hydrogen-bond donors (Lipinski definition) is 2. The van der Waals surface area contributed by atoms with Crippen LogP contribution in [0.15, 0.2) is 18.2 Å². The molecule has 0 spiro atoms. The number of nitrogens with two attached hydrogens (primary N) is 1. The molecule has 3 heteroatoms. The summed E-state index contributed by atoms with van der Waals surface area (Å²) in [7, 11) is 1.97. The second kappa shape index (κ2) is 6.62. The number of ether oxygens (including phenoxy) is 1. The van der Waals surface area contributed by atoms with Crippen molar-refractivity contribution in [1.29, 1.82) is 0 Å². The predicted octanol–water partition coefficient (Wildman–Crippen LogP) is 2.25. The minimum Gasteiger partial charge on any atom is -0.494 e. The highest BCUT2D eigenvalue weighted by Gasteiger charge is 2.16. The molecule has 2 atom stereocenters. The average molecular weight is 236 g/mol. The minimum absolute atomic E-state index is 0.300. The maximum atomic E-state index is 5.74. The largest absolute Gasteiger partial charge is 0.494 e. The second-order valence-electron chi connectivity index (χ2n) is 4.44. The molecule has 1 rings (SSSR count). The van der Waals surface area contributed by atoms with E-state index in [4.69, 9.17) is 10.5 Å². The van der Waals surface area contributed by atoms with Crippen molar-refractivity contribution in [2.45, 2.75) is 26.8 Å². The third-order valence-electron chi connectivity index (χ3n) is 3.11. The lowest BCUT2D eigenvalue weighted by atomic mass is 9.93. The molecule has 96 valence electrons. The molecule has 3 nitrogen and oxygen atoms in total. The fraction of sp³-hybridized carbons (Fsp3) is 0.571. The first-order chi connectivity index (χ1) is 8.13. The molecular weight excluding hydrogens is 212 g/mol. The van der Waals surface area contributed by atoms with Gasteiger partial charge in [0.2, 0.25) is 0 Å². The van der Waals surface area contributed by atoms with Crippen LogP contribution in [0.4, 0.5) is 0 Å². The summed E-state index contributed by atoms with van der Waals surface area (Å²) < 4.78 is 5.55. The molecule has 0 aliphatic rings. The highest BCUT2D eigenvalue weighted by Crippen LogP contribution is 2.26. The van der Waals surface area contributed by atoms with Gasteiger partial charge in [-0.05, 0) is 50.6 Å². The van der Waals surface area contributed by atoms with Gasteiger partial charge < -0.3 is 15.8 Å². The van der Waals surface area contributed by atoms with Crippen molar-refractivity contribution in [2.24, 2.45) is 11.7 Å². The van der Waals surface area contributed by atoms with Crippen molar-refractivity contribution in [3.05, 3.63) is 29.3 Å². The van der Waals surface area contributed by atoms with Crippen LogP contribution in [0.25, 0.3) is 0 Å². The van der Waals surface area contributed by atoms with Gasteiger partial charge in [0.1, 0.15) is 5.75 Å². The number of nitrogens with one attached hydrogen (secondary N) is 1. The quantitative estimate of drug-likeness (QED) is 0.796. The third-order valence-corrected chi connectivity index (χ3v) is 3.11. The number of benzene rings is 1. The van der Waals surface area contributed by atoms with Crippen molar-refractivity contribution in [3.8, 4) is 5.75 Å². The van der Waals surface area contributed by atoms with E-state index in [1.807, 2.05) is 20.0 Å². The first kappa shape index (κ1) is 14.0. The van der Waals surface area contributed by atoms with E-state index in [1.165, 1.54) is 11.1 Å². The molecule has 2 unspecified atom stereocenters. The number of rotatable bonds is 6. The molecule has 0 saturated heterocycles. The van der Waals surface area contributed by atoms with Crippen molar-refractivity contribution >= 4 is 0 Å². The monoisotopic (exact) mass is 236 g/mol. The van der Waals surface area contributed by atoms with Crippen LogP contribution in [0.3, 0.4) is 0 Å². The molecular formula is C14H24N2O. The van der Waals surface area contributed by atoms with Crippen LogP contribution in [0.2, 0.25) is 0 Å². The second-order valence-corrected chi connectivity index (χ2v) is 4.44. The van der Waals surface area contributed by atoms with Gasteiger partial charge in [0.05, 0.1) is 6.61 Å². The summed E-state index contributed by atoms with van der Waals surface area (Å²) in [6.45, 7) is 7.62. The summed E-state index contributed by atoms with van der Waals surface area (Å²) in [6, 6.07) is 6.64. The Morgan fingerprint density at radius 1 is 1.41 bits per heavy atom. The first-order valence-corrected chi connectivity index (χ1v) is 6.24. The SMILES string of the molecule is CCOc1ccc(C(NC)C(C)CN)cc1C. The molecule has 0 radical (unpaired) electrons. The molecule has 0 aromatic heterocycles. The van der Waals surface area contributed by atoms with Crippen LogP contribution in [-0.4, -0.2) is 20.2 Å². The van der Waals surface area contributed by atoms with Crippen molar-refractivity contribution in [2.75, 3.05) is 20.2 Å². The highest BCUT2D eigenvalue weighted by atomic mass is 16.5. The molecule has 3 N–H and O–H groups in total. The van der Waals surface area contributed by atoms with Gasteiger partial charge in [-0.15, -0.1) is 0 Å². The summed E-state index contributed by atoms with van der Waals surface area (Å²) in [6.07, 6.45) is 0. The lowest BCUT2D eigenvalue weighted by molar-refractivity contribution is 0.337. The molecule has 0 fully saturated rings. The molecule has 17 heavy (non-hydrogen) atoms. The van der Waals surface area contributed by atoms with Crippen LogP contribution < -0.4 is 15.8 Å². The van der Waals surface area contributed by atoms with Crippen molar-refractivity contribution in [3.63, 3.8) is 0 Å². The molecule has 0 saturated carbocycles. The standard InChI is InChI=1S/C14H24N2O/c1-5-17-13-7-6-12(8-10(13)2)14(16-4)11(3)9-15/h6-8,11,14,16H,5,9,15H2,1-4H3. The number of hydrogen-bond acceptors (Lipinski definition) is 3. The maximum absolute atomic E-state index is 5.74. The Bertz CT molecular complexity index is 352. The van der Waals surface area contributed by atoms with Gasteiger partial charge in [0, 0.05) is 6.04 Å². The highest BCUT2D eigenvalue weighted by molar-refractivity contribution is 5.37.